The van der Waals surface area contributed by atoms with E-state index in [1.165, 1.54) is 0 Å². The van der Waals surface area contributed by atoms with Crippen molar-refractivity contribution in [2.24, 2.45) is 0 Å². The smallest absolute Gasteiger partial charge is 0.379 e. The lowest BCUT2D eigenvalue weighted by atomic mass is 10.1. The molecule has 182 valence electrons. The summed E-state index contributed by atoms with van der Waals surface area (Å²) in [6.07, 6.45) is -4.84. The fraction of sp³-hybridized carbons (Fsp3) is 0.167. The fourth-order valence-electron chi connectivity index (χ4n) is 3.27. The summed E-state index contributed by atoms with van der Waals surface area (Å²) >= 11 is 0. The summed E-state index contributed by atoms with van der Waals surface area (Å²) in [5.74, 6) is -0.795. The van der Waals surface area contributed by atoms with Crippen LogP contribution < -0.4 is 16.0 Å². The number of nitro groups is 1. The SMILES string of the molecule is Cc1c(NC(=O)CCNc2ccc(C(F)(F)F)cc2[N+](=O)[O-])cccc1C(=O)Nc1ccccc1. The molecule has 0 fully saturated rings. The van der Waals surface area contributed by atoms with E-state index in [1.807, 2.05) is 6.07 Å². The Morgan fingerprint density at radius 1 is 0.943 bits per heavy atom. The topological polar surface area (TPSA) is 113 Å². The van der Waals surface area contributed by atoms with Crippen LogP contribution in [0.15, 0.2) is 66.7 Å². The first-order valence-corrected chi connectivity index (χ1v) is 10.4. The number of nitrogens with one attached hydrogen (secondary N) is 3. The highest BCUT2D eigenvalue weighted by molar-refractivity contribution is 6.06. The van der Waals surface area contributed by atoms with Crippen LogP contribution in [0.3, 0.4) is 0 Å². The van der Waals surface area contributed by atoms with E-state index in [1.54, 1.807) is 49.4 Å². The predicted molar refractivity (Wildman–Crippen MR) is 125 cm³/mol. The van der Waals surface area contributed by atoms with Gasteiger partial charge in [-0.3, -0.25) is 19.7 Å². The lowest BCUT2D eigenvalue weighted by molar-refractivity contribution is -0.384. The molecule has 0 radical (unpaired) electrons. The highest BCUT2D eigenvalue weighted by Crippen LogP contribution is 2.35. The van der Waals surface area contributed by atoms with Gasteiger partial charge in [-0.2, -0.15) is 13.2 Å². The monoisotopic (exact) mass is 486 g/mol. The van der Waals surface area contributed by atoms with E-state index >= 15 is 0 Å². The van der Waals surface area contributed by atoms with Crippen molar-refractivity contribution in [3.05, 3.63) is 93.5 Å². The van der Waals surface area contributed by atoms with Gasteiger partial charge in [0.2, 0.25) is 5.91 Å². The first-order chi connectivity index (χ1) is 16.6. The molecular weight excluding hydrogens is 465 g/mol. The maximum atomic E-state index is 12.8. The molecular formula is C24H21F3N4O4. The molecule has 0 bridgehead atoms. The van der Waals surface area contributed by atoms with Crippen molar-refractivity contribution in [2.45, 2.75) is 19.5 Å². The number of carbonyl (C=O) groups excluding carboxylic acids is 2. The number of nitrogens with zero attached hydrogens (tertiary/aromatic N) is 1. The Balaban J connectivity index is 1.62. The molecule has 2 amide bonds. The number of amides is 2. The largest absolute Gasteiger partial charge is 0.416 e. The number of hydrogen-bond donors (Lipinski definition) is 3. The quantitative estimate of drug-likeness (QED) is 0.283. The summed E-state index contributed by atoms with van der Waals surface area (Å²) < 4.78 is 38.5. The molecule has 0 saturated carbocycles. The van der Waals surface area contributed by atoms with Gasteiger partial charge in [0.1, 0.15) is 5.69 Å². The van der Waals surface area contributed by atoms with Crippen molar-refractivity contribution in [3.63, 3.8) is 0 Å². The third-order valence-corrected chi connectivity index (χ3v) is 5.07. The molecule has 8 nitrogen and oxygen atoms in total. The Labute approximate surface area is 198 Å². The second-order valence-electron chi connectivity index (χ2n) is 7.51. The molecule has 0 aromatic heterocycles. The summed E-state index contributed by atoms with van der Waals surface area (Å²) in [6.45, 7) is 1.62. The second kappa shape index (κ2) is 10.7. The number of para-hydroxylation sites is 1. The van der Waals surface area contributed by atoms with Crippen molar-refractivity contribution in [2.75, 3.05) is 22.5 Å². The zero-order valence-electron chi connectivity index (χ0n) is 18.5. The summed E-state index contributed by atoms with van der Waals surface area (Å²) in [6, 6.07) is 15.9. The highest BCUT2D eigenvalue weighted by atomic mass is 19.4. The lowest BCUT2D eigenvalue weighted by Crippen LogP contribution is -2.19. The number of nitro benzene ring substituents is 1. The van der Waals surface area contributed by atoms with E-state index < -0.39 is 28.3 Å². The van der Waals surface area contributed by atoms with Crippen LogP contribution in [-0.2, 0) is 11.0 Å². The predicted octanol–water partition coefficient (Wildman–Crippen LogP) is 5.62. The van der Waals surface area contributed by atoms with Gasteiger partial charge in [-0.25, -0.2) is 0 Å². The van der Waals surface area contributed by atoms with Crippen LogP contribution in [0.4, 0.5) is 35.9 Å². The molecule has 0 aliphatic rings. The standard InChI is InChI=1S/C24H21F3N4O4/c1-15-18(23(33)29-17-6-3-2-4-7-17)8-5-9-19(15)30-22(32)12-13-28-20-11-10-16(24(25,26)27)14-21(20)31(34)35/h2-11,14,28H,12-13H2,1H3,(H,29,33)(H,30,32). The zero-order chi connectivity index (χ0) is 25.6. The average molecular weight is 486 g/mol. The highest BCUT2D eigenvalue weighted by Gasteiger charge is 2.33. The number of halogens is 3. The molecule has 3 N–H and O–H groups in total. The molecule has 11 heteroatoms. The maximum absolute atomic E-state index is 12.8. The van der Waals surface area contributed by atoms with Crippen molar-refractivity contribution in [1.82, 2.24) is 0 Å². The van der Waals surface area contributed by atoms with Gasteiger partial charge in [0, 0.05) is 36.0 Å². The first kappa shape index (κ1) is 25.2. The molecule has 0 atom stereocenters. The molecule has 0 heterocycles. The average Bonchev–Trinajstić information content (AvgIpc) is 2.80. The van der Waals surface area contributed by atoms with Crippen LogP contribution in [0.2, 0.25) is 0 Å². The number of rotatable bonds is 8. The second-order valence-corrected chi connectivity index (χ2v) is 7.51. The van der Waals surface area contributed by atoms with Crippen molar-refractivity contribution in [1.29, 1.82) is 0 Å². The van der Waals surface area contributed by atoms with Gasteiger partial charge in [-0.15, -0.1) is 0 Å². The summed E-state index contributed by atoms with van der Waals surface area (Å²) in [5, 5.41) is 19.2. The van der Waals surface area contributed by atoms with E-state index in [0.29, 0.717) is 28.6 Å². The molecule has 3 aromatic carbocycles. The molecule has 0 spiro atoms. The molecule has 0 aliphatic carbocycles. The number of carbonyl (C=O) groups is 2. The molecule has 0 unspecified atom stereocenters. The third-order valence-electron chi connectivity index (χ3n) is 5.07. The van der Waals surface area contributed by atoms with E-state index in [2.05, 4.69) is 16.0 Å². The molecule has 3 rings (SSSR count). The molecule has 3 aromatic rings. The number of anilines is 3. The zero-order valence-corrected chi connectivity index (χ0v) is 18.5. The van der Waals surface area contributed by atoms with Gasteiger partial charge in [-0.05, 0) is 48.9 Å². The minimum absolute atomic E-state index is 0.0642. The minimum atomic E-state index is -4.71. The van der Waals surface area contributed by atoms with E-state index in [-0.39, 0.29) is 24.6 Å². The van der Waals surface area contributed by atoms with Crippen molar-refractivity contribution >= 4 is 34.6 Å². The molecule has 0 saturated heterocycles. The Morgan fingerprint density at radius 3 is 2.31 bits per heavy atom. The van der Waals surface area contributed by atoms with Crippen molar-refractivity contribution < 1.29 is 27.7 Å². The van der Waals surface area contributed by atoms with E-state index in [4.69, 9.17) is 0 Å². The van der Waals surface area contributed by atoms with Crippen LogP contribution in [0, 0.1) is 17.0 Å². The van der Waals surface area contributed by atoms with Crippen LogP contribution in [0.25, 0.3) is 0 Å². The van der Waals surface area contributed by atoms with Gasteiger partial charge >= 0.3 is 6.18 Å². The fourth-order valence-corrected chi connectivity index (χ4v) is 3.27. The van der Waals surface area contributed by atoms with Gasteiger partial charge < -0.3 is 16.0 Å². The maximum Gasteiger partial charge on any atom is 0.416 e. The van der Waals surface area contributed by atoms with Crippen LogP contribution in [0.1, 0.15) is 27.9 Å². The number of alkyl halides is 3. The van der Waals surface area contributed by atoms with Gasteiger partial charge in [-0.1, -0.05) is 24.3 Å². The van der Waals surface area contributed by atoms with Gasteiger partial charge in [0.15, 0.2) is 0 Å². The minimum Gasteiger partial charge on any atom is -0.379 e. The van der Waals surface area contributed by atoms with E-state index in [9.17, 15) is 32.9 Å². The van der Waals surface area contributed by atoms with Crippen LogP contribution >= 0.6 is 0 Å². The number of hydrogen-bond acceptors (Lipinski definition) is 5. The van der Waals surface area contributed by atoms with Crippen LogP contribution in [0.5, 0.6) is 0 Å². The van der Waals surface area contributed by atoms with Crippen LogP contribution in [-0.4, -0.2) is 23.3 Å². The Kier molecular flexibility index (Phi) is 7.69. The van der Waals surface area contributed by atoms with Gasteiger partial charge in [0.25, 0.3) is 11.6 Å². The molecule has 0 aliphatic heterocycles. The number of benzene rings is 3. The summed E-state index contributed by atoms with van der Waals surface area (Å²) in [5.41, 5.74) is -0.0734. The summed E-state index contributed by atoms with van der Waals surface area (Å²) in [4.78, 5) is 35.3. The Hall–Kier alpha value is -4.41. The van der Waals surface area contributed by atoms with E-state index in [0.717, 1.165) is 12.1 Å². The lowest BCUT2D eigenvalue weighted by Gasteiger charge is -2.13. The molecule has 35 heavy (non-hydrogen) atoms. The van der Waals surface area contributed by atoms with Crippen molar-refractivity contribution in [3.8, 4) is 0 Å². The third kappa shape index (κ3) is 6.56. The Bertz CT molecular complexity index is 1250. The van der Waals surface area contributed by atoms with Gasteiger partial charge in [0.05, 0.1) is 10.5 Å². The Morgan fingerprint density at radius 2 is 1.66 bits per heavy atom. The normalized spacial score (nSPS) is 11.0. The summed E-state index contributed by atoms with van der Waals surface area (Å²) in [7, 11) is 0. The first-order valence-electron chi connectivity index (χ1n) is 10.4.